The van der Waals surface area contributed by atoms with Crippen molar-refractivity contribution in [2.75, 3.05) is 5.43 Å². The smallest absolute Gasteiger partial charge is 0.297 e. The van der Waals surface area contributed by atoms with Crippen LogP contribution in [0, 0.1) is 0 Å². The van der Waals surface area contributed by atoms with E-state index in [1.165, 1.54) is 5.01 Å². The third kappa shape index (κ3) is 2.36. The van der Waals surface area contributed by atoms with E-state index in [0.29, 0.717) is 0 Å². The van der Waals surface area contributed by atoms with Crippen LogP contribution in [0.15, 0.2) is 60.7 Å². The van der Waals surface area contributed by atoms with E-state index < -0.39 is 5.60 Å². The van der Waals surface area contributed by atoms with Gasteiger partial charge in [0, 0.05) is 5.56 Å². The van der Waals surface area contributed by atoms with Crippen LogP contribution in [-0.4, -0.2) is 16.1 Å². The summed E-state index contributed by atoms with van der Waals surface area (Å²) in [6.07, 6.45) is 0. The highest BCUT2D eigenvalue weighted by atomic mass is 32.1. The first kappa shape index (κ1) is 13.6. The second kappa shape index (κ2) is 5.18. The van der Waals surface area contributed by atoms with Crippen molar-refractivity contribution in [2.24, 2.45) is 0 Å². The second-order valence-electron chi connectivity index (χ2n) is 4.89. The minimum absolute atomic E-state index is 0.121. The molecule has 1 saturated heterocycles. The fourth-order valence-corrected chi connectivity index (χ4v) is 2.53. The van der Waals surface area contributed by atoms with Gasteiger partial charge in [0.05, 0.1) is 5.69 Å². The Morgan fingerprint density at radius 2 is 1.62 bits per heavy atom. The van der Waals surface area contributed by atoms with Crippen molar-refractivity contribution in [2.45, 2.75) is 12.5 Å². The van der Waals surface area contributed by atoms with Crippen molar-refractivity contribution >= 4 is 29.0 Å². The number of anilines is 1. The lowest BCUT2D eigenvalue weighted by molar-refractivity contribution is -0.135. The maximum Gasteiger partial charge on any atom is 0.297 e. The maximum atomic E-state index is 12.7. The number of benzene rings is 2. The molecule has 1 heterocycles. The van der Waals surface area contributed by atoms with E-state index in [9.17, 15) is 4.79 Å². The standard InChI is InChI=1S/C16H14N2O2S/c1-16(12-8-4-2-5-9-12)14(19)18(15(21)20-16)17-13-10-6-3-7-11-13/h2-11,17H,1H3/t16-/m1/s1. The van der Waals surface area contributed by atoms with Crippen LogP contribution in [0.1, 0.15) is 12.5 Å². The molecule has 2 aromatic rings. The molecule has 1 aliphatic rings. The SMILES string of the molecule is C[C@]1(c2ccccc2)OC(=S)N(Nc2ccccc2)C1=O. The van der Waals surface area contributed by atoms with Gasteiger partial charge in [-0.25, -0.2) is 0 Å². The zero-order valence-corrected chi connectivity index (χ0v) is 12.3. The molecule has 0 unspecified atom stereocenters. The number of hydrogen-bond donors (Lipinski definition) is 1. The Kier molecular flexibility index (Phi) is 3.35. The molecule has 5 heteroatoms. The van der Waals surface area contributed by atoms with Gasteiger partial charge in [-0.1, -0.05) is 48.5 Å². The number of carbonyl (C=O) groups is 1. The Morgan fingerprint density at radius 3 is 2.24 bits per heavy atom. The molecule has 3 rings (SSSR count). The van der Waals surface area contributed by atoms with Crippen LogP contribution in [0.3, 0.4) is 0 Å². The summed E-state index contributed by atoms with van der Waals surface area (Å²) in [4.78, 5) is 12.7. The summed E-state index contributed by atoms with van der Waals surface area (Å²) in [6, 6.07) is 18.7. The lowest BCUT2D eigenvalue weighted by Gasteiger charge is -2.20. The first-order valence-electron chi connectivity index (χ1n) is 6.56. The number of rotatable bonds is 3. The van der Waals surface area contributed by atoms with Gasteiger partial charge in [-0.05, 0) is 31.3 Å². The third-order valence-corrected chi connectivity index (χ3v) is 3.69. The molecule has 0 bridgehead atoms. The quantitative estimate of drug-likeness (QED) is 0.884. The number of nitrogens with zero attached hydrogens (tertiary/aromatic N) is 1. The Hall–Kier alpha value is -2.40. The van der Waals surface area contributed by atoms with Gasteiger partial charge in [-0.3, -0.25) is 10.2 Å². The number of hydrazine groups is 1. The number of hydrogen-bond acceptors (Lipinski definition) is 4. The van der Waals surface area contributed by atoms with Crippen molar-refractivity contribution in [1.82, 2.24) is 5.01 Å². The molecule has 0 aliphatic carbocycles. The molecule has 0 spiro atoms. The van der Waals surface area contributed by atoms with Crippen molar-refractivity contribution in [1.29, 1.82) is 0 Å². The summed E-state index contributed by atoms with van der Waals surface area (Å²) in [5.74, 6) is -0.234. The van der Waals surface area contributed by atoms with E-state index in [-0.39, 0.29) is 11.1 Å². The number of amides is 1. The van der Waals surface area contributed by atoms with Crippen LogP contribution >= 0.6 is 12.2 Å². The molecule has 0 radical (unpaired) electrons. The van der Waals surface area contributed by atoms with Gasteiger partial charge < -0.3 is 4.74 Å². The Morgan fingerprint density at radius 1 is 1.05 bits per heavy atom. The molecule has 1 aliphatic heterocycles. The number of para-hydroxylation sites is 1. The Labute approximate surface area is 128 Å². The largest absolute Gasteiger partial charge is 0.448 e. The summed E-state index contributed by atoms with van der Waals surface area (Å²) in [6.45, 7) is 1.73. The van der Waals surface area contributed by atoms with Crippen LogP contribution in [0.4, 0.5) is 5.69 Å². The van der Waals surface area contributed by atoms with Crippen LogP contribution in [0.2, 0.25) is 0 Å². The minimum atomic E-state index is -1.10. The highest BCUT2D eigenvalue weighted by Crippen LogP contribution is 2.34. The normalized spacial score (nSPS) is 21.3. The molecule has 4 nitrogen and oxygen atoms in total. The average molecular weight is 298 g/mol. The monoisotopic (exact) mass is 298 g/mol. The number of carbonyl (C=O) groups excluding carboxylic acids is 1. The van der Waals surface area contributed by atoms with Gasteiger partial charge in [0.15, 0.2) is 0 Å². The molecule has 1 amide bonds. The first-order valence-corrected chi connectivity index (χ1v) is 6.97. The molecule has 21 heavy (non-hydrogen) atoms. The second-order valence-corrected chi connectivity index (χ2v) is 5.23. The highest BCUT2D eigenvalue weighted by Gasteiger charge is 2.50. The van der Waals surface area contributed by atoms with Gasteiger partial charge in [0.1, 0.15) is 0 Å². The zero-order chi connectivity index (χ0) is 14.9. The number of nitrogens with one attached hydrogen (secondary N) is 1. The van der Waals surface area contributed by atoms with Crippen LogP contribution in [-0.2, 0) is 15.1 Å². The zero-order valence-electron chi connectivity index (χ0n) is 11.4. The molecule has 1 fully saturated rings. The lowest BCUT2D eigenvalue weighted by atomic mass is 9.95. The summed E-state index contributed by atoms with van der Waals surface area (Å²) in [7, 11) is 0. The summed E-state index contributed by atoms with van der Waals surface area (Å²) in [5, 5.41) is 1.40. The molecule has 0 saturated carbocycles. The minimum Gasteiger partial charge on any atom is -0.448 e. The fourth-order valence-electron chi connectivity index (χ4n) is 2.24. The van der Waals surface area contributed by atoms with E-state index in [4.69, 9.17) is 17.0 Å². The van der Waals surface area contributed by atoms with Crippen molar-refractivity contribution in [3.8, 4) is 0 Å². The van der Waals surface area contributed by atoms with Gasteiger partial charge >= 0.3 is 0 Å². The van der Waals surface area contributed by atoms with Crippen molar-refractivity contribution in [3.05, 3.63) is 66.2 Å². The van der Waals surface area contributed by atoms with Crippen LogP contribution < -0.4 is 5.43 Å². The molecule has 0 aromatic heterocycles. The topological polar surface area (TPSA) is 41.6 Å². The van der Waals surface area contributed by atoms with Gasteiger partial charge in [0.2, 0.25) is 5.60 Å². The van der Waals surface area contributed by atoms with E-state index in [1.807, 2.05) is 60.7 Å². The predicted octanol–water partition coefficient (Wildman–Crippen LogP) is 3.07. The van der Waals surface area contributed by atoms with Crippen LogP contribution in [0.25, 0.3) is 0 Å². The summed E-state index contributed by atoms with van der Waals surface area (Å²) >= 11 is 5.19. The number of ether oxygens (including phenoxy) is 1. The third-order valence-electron chi connectivity index (χ3n) is 3.42. The van der Waals surface area contributed by atoms with E-state index in [2.05, 4.69) is 5.43 Å². The van der Waals surface area contributed by atoms with Crippen molar-refractivity contribution in [3.63, 3.8) is 0 Å². The Balaban J connectivity index is 1.89. The van der Waals surface area contributed by atoms with Crippen LogP contribution in [0.5, 0.6) is 0 Å². The summed E-state index contributed by atoms with van der Waals surface area (Å²) < 4.78 is 5.68. The summed E-state index contributed by atoms with van der Waals surface area (Å²) in [5.41, 5.74) is 3.43. The fraction of sp³-hybridized carbons (Fsp3) is 0.125. The van der Waals surface area contributed by atoms with E-state index in [1.54, 1.807) is 6.92 Å². The molecule has 2 aromatic carbocycles. The lowest BCUT2D eigenvalue weighted by Crippen LogP contribution is -2.39. The van der Waals surface area contributed by atoms with Gasteiger partial charge in [-0.15, -0.1) is 0 Å². The van der Waals surface area contributed by atoms with Crippen molar-refractivity contribution < 1.29 is 9.53 Å². The molecular formula is C16H14N2O2S. The molecule has 106 valence electrons. The number of thiocarbonyl (C=S) groups is 1. The maximum absolute atomic E-state index is 12.7. The first-order chi connectivity index (χ1) is 10.1. The van der Waals surface area contributed by atoms with E-state index in [0.717, 1.165) is 11.3 Å². The molecule has 1 N–H and O–H groups in total. The Bertz CT molecular complexity index is 675. The molecule has 1 atom stereocenters. The van der Waals surface area contributed by atoms with Gasteiger partial charge in [-0.2, -0.15) is 5.01 Å². The van der Waals surface area contributed by atoms with Gasteiger partial charge in [0.25, 0.3) is 11.1 Å². The average Bonchev–Trinajstić information content (AvgIpc) is 2.74. The molecular weight excluding hydrogens is 284 g/mol. The van der Waals surface area contributed by atoms with E-state index >= 15 is 0 Å². The highest BCUT2D eigenvalue weighted by molar-refractivity contribution is 7.80. The predicted molar refractivity (Wildman–Crippen MR) is 84.4 cm³/mol.